The molecule has 1 aliphatic heterocycles. The molecule has 1 saturated carbocycles. The maximum absolute atomic E-state index is 6.73. The molecule has 1 heteroatoms. The molecule has 1 spiro atoms. The van der Waals surface area contributed by atoms with E-state index in [2.05, 4.69) is 27.7 Å². The molecule has 2 aliphatic carbocycles. The van der Waals surface area contributed by atoms with E-state index in [0.717, 1.165) is 11.8 Å². The van der Waals surface area contributed by atoms with Crippen LogP contribution >= 0.6 is 0 Å². The van der Waals surface area contributed by atoms with Crippen LogP contribution in [0.25, 0.3) is 0 Å². The highest BCUT2D eigenvalue weighted by molar-refractivity contribution is 5.31. The van der Waals surface area contributed by atoms with Crippen molar-refractivity contribution in [2.45, 2.75) is 90.3 Å². The molecular formula is C18H30O. The van der Waals surface area contributed by atoms with Crippen LogP contribution in [0.2, 0.25) is 0 Å². The Balaban J connectivity index is 1.93. The minimum atomic E-state index is 0.100. The van der Waals surface area contributed by atoms with Crippen molar-refractivity contribution in [3.63, 3.8) is 0 Å². The van der Waals surface area contributed by atoms with E-state index < -0.39 is 0 Å². The summed E-state index contributed by atoms with van der Waals surface area (Å²) < 4.78 is 6.73. The smallest absolute Gasteiger partial charge is 0.0930 e. The third kappa shape index (κ3) is 2.00. The molecule has 2 fully saturated rings. The second-order valence-corrected chi connectivity index (χ2v) is 7.64. The van der Waals surface area contributed by atoms with Crippen molar-refractivity contribution in [3.8, 4) is 0 Å². The first-order chi connectivity index (χ1) is 8.99. The average Bonchev–Trinajstić information content (AvgIpc) is 2.58. The van der Waals surface area contributed by atoms with Gasteiger partial charge >= 0.3 is 0 Å². The molecule has 1 heterocycles. The first kappa shape index (κ1) is 13.7. The Hall–Kier alpha value is -0.300. The number of hydrogen-bond acceptors (Lipinski definition) is 1. The summed E-state index contributed by atoms with van der Waals surface area (Å²) in [6.45, 7) is 9.33. The van der Waals surface area contributed by atoms with Gasteiger partial charge in [0, 0.05) is 0 Å². The van der Waals surface area contributed by atoms with Gasteiger partial charge in [-0.2, -0.15) is 0 Å². The van der Waals surface area contributed by atoms with E-state index in [1.807, 2.05) is 0 Å². The maximum Gasteiger partial charge on any atom is 0.0930 e. The zero-order chi connectivity index (χ0) is 13.7. The molecule has 1 saturated heterocycles. The van der Waals surface area contributed by atoms with Gasteiger partial charge in [-0.1, -0.05) is 18.9 Å². The third-order valence-electron chi connectivity index (χ3n) is 6.29. The Morgan fingerprint density at radius 3 is 2.63 bits per heavy atom. The van der Waals surface area contributed by atoms with Crippen LogP contribution in [0.1, 0.15) is 79.1 Å². The standard InChI is InChI=1S/C18H30O/c1-5-6-7-14-8-9-15-10-11-16-12-18(15,13(14)2)19-17(16,3)4/h15-16H,5-12H2,1-4H3. The zero-order valence-electron chi connectivity index (χ0n) is 13.2. The van der Waals surface area contributed by atoms with Crippen molar-refractivity contribution >= 4 is 0 Å². The van der Waals surface area contributed by atoms with E-state index in [0.29, 0.717) is 0 Å². The first-order valence-corrected chi connectivity index (χ1v) is 8.39. The largest absolute Gasteiger partial charge is 0.364 e. The zero-order valence-corrected chi connectivity index (χ0v) is 13.2. The molecule has 0 N–H and O–H groups in total. The molecule has 1 nitrogen and oxygen atoms in total. The molecule has 2 bridgehead atoms. The summed E-state index contributed by atoms with van der Waals surface area (Å²) >= 11 is 0. The summed E-state index contributed by atoms with van der Waals surface area (Å²) in [4.78, 5) is 0. The lowest BCUT2D eigenvalue weighted by atomic mass is 9.62. The highest BCUT2D eigenvalue weighted by Gasteiger charge is 2.59. The van der Waals surface area contributed by atoms with Crippen molar-refractivity contribution in [1.82, 2.24) is 0 Å². The fourth-order valence-electron chi connectivity index (χ4n) is 4.99. The molecule has 3 unspecified atom stereocenters. The number of ether oxygens (including phenoxy) is 1. The van der Waals surface area contributed by atoms with E-state index in [1.54, 1.807) is 11.1 Å². The Kier molecular flexibility index (Phi) is 3.32. The van der Waals surface area contributed by atoms with Gasteiger partial charge in [-0.05, 0) is 83.1 Å². The lowest BCUT2D eigenvalue weighted by Gasteiger charge is -2.45. The average molecular weight is 262 g/mol. The molecule has 19 heavy (non-hydrogen) atoms. The van der Waals surface area contributed by atoms with E-state index in [4.69, 9.17) is 4.74 Å². The quantitative estimate of drug-likeness (QED) is 0.631. The monoisotopic (exact) mass is 262 g/mol. The van der Waals surface area contributed by atoms with Crippen LogP contribution in [0, 0.1) is 11.8 Å². The SMILES string of the molecule is CCCCC1=C(C)C23CC(CCC2CC1)C(C)(C)O3. The summed E-state index contributed by atoms with van der Waals surface area (Å²) in [6.07, 6.45) is 10.8. The number of fused-ring (bicyclic) bond motifs is 1. The van der Waals surface area contributed by atoms with E-state index >= 15 is 0 Å². The van der Waals surface area contributed by atoms with Gasteiger partial charge in [0.25, 0.3) is 0 Å². The lowest BCUT2D eigenvalue weighted by Crippen LogP contribution is -2.44. The van der Waals surface area contributed by atoms with Crippen LogP contribution in [0.4, 0.5) is 0 Å². The molecular weight excluding hydrogens is 232 g/mol. The van der Waals surface area contributed by atoms with Crippen molar-refractivity contribution in [2.75, 3.05) is 0 Å². The van der Waals surface area contributed by atoms with E-state index in [9.17, 15) is 0 Å². The van der Waals surface area contributed by atoms with Gasteiger partial charge in [0.05, 0.1) is 11.2 Å². The van der Waals surface area contributed by atoms with Crippen LogP contribution in [-0.2, 0) is 4.74 Å². The molecule has 3 rings (SSSR count). The van der Waals surface area contributed by atoms with Gasteiger partial charge in [-0.15, -0.1) is 0 Å². The summed E-state index contributed by atoms with van der Waals surface area (Å²) in [7, 11) is 0. The predicted molar refractivity (Wildman–Crippen MR) is 80.2 cm³/mol. The van der Waals surface area contributed by atoms with E-state index in [-0.39, 0.29) is 11.2 Å². The third-order valence-corrected chi connectivity index (χ3v) is 6.29. The lowest BCUT2D eigenvalue weighted by molar-refractivity contribution is -0.0972. The number of rotatable bonds is 3. The van der Waals surface area contributed by atoms with Crippen molar-refractivity contribution in [3.05, 3.63) is 11.1 Å². The van der Waals surface area contributed by atoms with Gasteiger partial charge in [-0.3, -0.25) is 0 Å². The Labute approximate surface area is 118 Å². The van der Waals surface area contributed by atoms with Crippen LogP contribution in [0.5, 0.6) is 0 Å². The van der Waals surface area contributed by atoms with Gasteiger partial charge < -0.3 is 4.74 Å². The van der Waals surface area contributed by atoms with Crippen LogP contribution < -0.4 is 0 Å². The van der Waals surface area contributed by atoms with Crippen LogP contribution in [0.15, 0.2) is 11.1 Å². The summed E-state index contributed by atoms with van der Waals surface area (Å²) in [5.74, 6) is 1.58. The van der Waals surface area contributed by atoms with E-state index in [1.165, 1.54) is 51.4 Å². The van der Waals surface area contributed by atoms with Gasteiger partial charge in [0.2, 0.25) is 0 Å². The molecule has 3 atom stereocenters. The van der Waals surface area contributed by atoms with Crippen LogP contribution in [-0.4, -0.2) is 11.2 Å². The molecule has 0 aromatic rings. The molecule has 3 aliphatic rings. The number of hydrogen-bond donors (Lipinski definition) is 0. The van der Waals surface area contributed by atoms with Crippen molar-refractivity contribution < 1.29 is 4.74 Å². The first-order valence-electron chi connectivity index (χ1n) is 8.39. The van der Waals surface area contributed by atoms with Gasteiger partial charge in [-0.25, -0.2) is 0 Å². The number of allylic oxidation sites excluding steroid dienone is 1. The fraction of sp³-hybridized carbons (Fsp3) is 0.889. The number of unbranched alkanes of at least 4 members (excludes halogenated alkanes) is 1. The predicted octanol–water partition coefficient (Wildman–Crippen LogP) is 5.25. The minimum absolute atomic E-state index is 0.100. The molecule has 108 valence electrons. The minimum Gasteiger partial charge on any atom is -0.364 e. The molecule has 0 amide bonds. The maximum atomic E-state index is 6.73. The fourth-order valence-corrected chi connectivity index (χ4v) is 4.99. The Bertz CT molecular complexity index is 392. The van der Waals surface area contributed by atoms with Crippen molar-refractivity contribution in [1.29, 1.82) is 0 Å². The summed E-state index contributed by atoms with van der Waals surface area (Å²) in [6, 6.07) is 0. The van der Waals surface area contributed by atoms with Gasteiger partial charge in [0.1, 0.15) is 0 Å². The summed E-state index contributed by atoms with van der Waals surface area (Å²) in [5, 5.41) is 0. The molecule has 0 aromatic carbocycles. The highest BCUT2D eigenvalue weighted by atomic mass is 16.5. The normalized spacial score (nSPS) is 40.4. The Morgan fingerprint density at radius 2 is 1.89 bits per heavy atom. The topological polar surface area (TPSA) is 9.23 Å². The molecule has 0 radical (unpaired) electrons. The second-order valence-electron chi connectivity index (χ2n) is 7.64. The summed E-state index contributed by atoms with van der Waals surface area (Å²) in [5.41, 5.74) is 3.60. The molecule has 0 aromatic heterocycles. The van der Waals surface area contributed by atoms with Crippen molar-refractivity contribution in [2.24, 2.45) is 11.8 Å². The Morgan fingerprint density at radius 1 is 1.16 bits per heavy atom. The van der Waals surface area contributed by atoms with Gasteiger partial charge in [0.15, 0.2) is 0 Å². The highest BCUT2D eigenvalue weighted by Crippen LogP contribution is 2.60. The van der Waals surface area contributed by atoms with Crippen LogP contribution in [0.3, 0.4) is 0 Å². The second kappa shape index (κ2) is 4.62.